The summed E-state index contributed by atoms with van der Waals surface area (Å²) in [6, 6.07) is 5.69. The second kappa shape index (κ2) is 5.74. The summed E-state index contributed by atoms with van der Waals surface area (Å²) in [4.78, 5) is 0. The average Bonchev–Trinajstić information content (AvgIpc) is 2.31. The Kier molecular flexibility index (Phi) is 4.27. The predicted molar refractivity (Wildman–Crippen MR) is 77.2 cm³/mol. The Morgan fingerprint density at radius 3 is 2.78 bits per heavy atom. The van der Waals surface area contributed by atoms with Gasteiger partial charge >= 0.3 is 0 Å². The molecule has 1 fully saturated rings. The van der Waals surface area contributed by atoms with Crippen molar-refractivity contribution < 1.29 is 4.74 Å². The van der Waals surface area contributed by atoms with Gasteiger partial charge in [0.05, 0.1) is 5.56 Å². The Balaban J connectivity index is 2.23. The Morgan fingerprint density at radius 2 is 2.11 bits per heavy atom. The molecule has 0 spiro atoms. The van der Waals surface area contributed by atoms with E-state index in [4.69, 9.17) is 15.9 Å². The van der Waals surface area contributed by atoms with Crippen LogP contribution in [0, 0.1) is 11.3 Å². The van der Waals surface area contributed by atoms with E-state index in [1.165, 1.54) is 19.3 Å². The summed E-state index contributed by atoms with van der Waals surface area (Å²) in [5.41, 5.74) is 6.29. The summed E-state index contributed by atoms with van der Waals surface area (Å²) in [6.07, 6.45) is 5.06. The molecule has 1 aliphatic rings. The molecule has 1 aliphatic carbocycles. The van der Waals surface area contributed by atoms with Gasteiger partial charge in [-0.25, -0.2) is 0 Å². The molecule has 1 aromatic carbocycles. The van der Waals surface area contributed by atoms with Crippen molar-refractivity contribution in [3.05, 3.63) is 28.2 Å². The number of nitrogen functional groups attached to an aromatic ring is 1. The first-order valence-electron chi connectivity index (χ1n) is 6.39. The minimum atomic E-state index is 0.0425. The van der Waals surface area contributed by atoms with Crippen LogP contribution in [0.25, 0.3) is 0 Å². The molecular formula is C14H19BrN2O. The molecule has 0 saturated heterocycles. The van der Waals surface area contributed by atoms with Gasteiger partial charge in [0.1, 0.15) is 17.7 Å². The minimum absolute atomic E-state index is 0.0425. The van der Waals surface area contributed by atoms with Crippen molar-refractivity contribution in [3.63, 3.8) is 0 Å². The van der Waals surface area contributed by atoms with Gasteiger partial charge in [0, 0.05) is 4.47 Å². The van der Waals surface area contributed by atoms with Gasteiger partial charge in [0.15, 0.2) is 0 Å². The van der Waals surface area contributed by atoms with Crippen molar-refractivity contribution in [3.8, 4) is 5.75 Å². The Labute approximate surface area is 116 Å². The van der Waals surface area contributed by atoms with Crippen molar-refractivity contribution in [2.75, 3.05) is 0 Å². The van der Waals surface area contributed by atoms with Gasteiger partial charge < -0.3 is 10.5 Å². The molecule has 98 valence electrons. The predicted octanol–water partition coefficient (Wildman–Crippen LogP) is 3.69. The molecule has 0 radical (unpaired) electrons. The second-order valence-corrected chi connectivity index (χ2v) is 5.80. The molecule has 2 unspecified atom stereocenters. The van der Waals surface area contributed by atoms with Crippen molar-refractivity contribution in [1.82, 2.24) is 0 Å². The van der Waals surface area contributed by atoms with E-state index in [9.17, 15) is 0 Å². The van der Waals surface area contributed by atoms with E-state index in [-0.39, 0.29) is 11.9 Å². The molecular weight excluding hydrogens is 292 g/mol. The molecule has 0 aromatic heterocycles. The highest BCUT2D eigenvalue weighted by Gasteiger charge is 2.24. The lowest BCUT2D eigenvalue weighted by molar-refractivity contribution is 0.102. The highest BCUT2D eigenvalue weighted by Crippen LogP contribution is 2.32. The highest BCUT2D eigenvalue weighted by molar-refractivity contribution is 9.10. The van der Waals surface area contributed by atoms with Crippen LogP contribution in [0.3, 0.4) is 0 Å². The molecule has 0 amide bonds. The van der Waals surface area contributed by atoms with Crippen molar-refractivity contribution in [1.29, 1.82) is 5.41 Å². The van der Waals surface area contributed by atoms with Gasteiger partial charge in [-0.3, -0.25) is 5.41 Å². The third kappa shape index (κ3) is 2.86. The molecule has 0 bridgehead atoms. The first kappa shape index (κ1) is 13.4. The smallest absolute Gasteiger partial charge is 0.131 e. The van der Waals surface area contributed by atoms with Crippen molar-refractivity contribution in [2.24, 2.45) is 11.7 Å². The maximum atomic E-state index is 7.65. The molecule has 1 aromatic rings. The van der Waals surface area contributed by atoms with E-state index >= 15 is 0 Å². The third-order valence-electron chi connectivity index (χ3n) is 3.56. The summed E-state index contributed by atoms with van der Waals surface area (Å²) >= 11 is 3.43. The van der Waals surface area contributed by atoms with Crippen molar-refractivity contribution in [2.45, 2.75) is 38.7 Å². The van der Waals surface area contributed by atoms with Crippen LogP contribution in [0.2, 0.25) is 0 Å². The Hall–Kier alpha value is -1.03. The summed E-state index contributed by atoms with van der Waals surface area (Å²) < 4.78 is 6.91. The monoisotopic (exact) mass is 310 g/mol. The second-order valence-electron chi connectivity index (χ2n) is 4.94. The zero-order valence-corrected chi connectivity index (χ0v) is 12.2. The minimum Gasteiger partial charge on any atom is -0.489 e. The van der Waals surface area contributed by atoms with Gasteiger partial charge in [-0.15, -0.1) is 0 Å². The van der Waals surface area contributed by atoms with Crippen LogP contribution in [0.15, 0.2) is 22.7 Å². The number of benzene rings is 1. The molecule has 2 rings (SSSR count). The fourth-order valence-electron chi connectivity index (χ4n) is 2.48. The zero-order valence-electron chi connectivity index (χ0n) is 10.6. The number of rotatable bonds is 3. The van der Waals surface area contributed by atoms with Gasteiger partial charge in [-0.1, -0.05) is 19.4 Å². The van der Waals surface area contributed by atoms with Crippen LogP contribution in [0.4, 0.5) is 0 Å². The lowest BCUT2D eigenvalue weighted by Gasteiger charge is -2.30. The standard InChI is InChI=1S/C14H19BrN2O/c1-9-5-2-3-7-11(9)18-12-8-4-6-10(15)13(12)14(16)17/h4,6,8-9,11H,2-3,5,7H2,1H3,(H3,16,17). The average molecular weight is 311 g/mol. The fraction of sp³-hybridized carbons (Fsp3) is 0.500. The number of hydrogen-bond donors (Lipinski definition) is 2. The molecule has 1 saturated carbocycles. The van der Waals surface area contributed by atoms with E-state index < -0.39 is 0 Å². The number of halogens is 1. The molecule has 0 aliphatic heterocycles. The lowest BCUT2D eigenvalue weighted by atomic mass is 9.88. The summed E-state index contributed by atoms with van der Waals surface area (Å²) in [5, 5.41) is 7.65. The van der Waals surface area contributed by atoms with Crippen LogP contribution < -0.4 is 10.5 Å². The van der Waals surface area contributed by atoms with E-state index in [2.05, 4.69) is 22.9 Å². The summed E-state index contributed by atoms with van der Waals surface area (Å²) in [6.45, 7) is 2.23. The maximum Gasteiger partial charge on any atom is 0.131 e. The van der Waals surface area contributed by atoms with Gasteiger partial charge in [0.25, 0.3) is 0 Å². The topological polar surface area (TPSA) is 59.1 Å². The van der Waals surface area contributed by atoms with Gasteiger partial charge in [0.2, 0.25) is 0 Å². The first-order chi connectivity index (χ1) is 8.59. The van der Waals surface area contributed by atoms with E-state index in [0.717, 1.165) is 16.6 Å². The zero-order chi connectivity index (χ0) is 13.1. The summed E-state index contributed by atoms with van der Waals surface area (Å²) in [7, 11) is 0. The molecule has 18 heavy (non-hydrogen) atoms. The Bertz CT molecular complexity index is 447. The Morgan fingerprint density at radius 1 is 1.39 bits per heavy atom. The summed E-state index contributed by atoms with van der Waals surface area (Å²) in [5.74, 6) is 1.33. The van der Waals surface area contributed by atoms with E-state index in [1.54, 1.807) is 0 Å². The van der Waals surface area contributed by atoms with E-state index in [1.807, 2.05) is 18.2 Å². The number of hydrogen-bond acceptors (Lipinski definition) is 2. The molecule has 4 heteroatoms. The van der Waals surface area contributed by atoms with Crippen LogP contribution in [-0.4, -0.2) is 11.9 Å². The number of ether oxygens (including phenoxy) is 1. The largest absolute Gasteiger partial charge is 0.489 e. The maximum absolute atomic E-state index is 7.65. The highest BCUT2D eigenvalue weighted by atomic mass is 79.9. The van der Waals surface area contributed by atoms with Gasteiger partial charge in [-0.2, -0.15) is 0 Å². The first-order valence-corrected chi connectivity index (χ1v) is 7.18. The SMILES string of the molecule is CC1CCCCC1Oc1cccc(Br)c1C(=N)N. The quantitative estimate of drug-likeness (QED) is 0.660. The van der Waals surface area contributed by atoms with Crippen LogP contribution in [-0.2, 0) is 0 Å². The number of nitrogens with two attached hydrogens (primary N) is 1. The normalized spacial score (nSPS) is 23.7. The third-order valence-corrected chi connectivity index (χ3v) is 4.22. The van der Waals surface area contributed by atoms with Crippen LogP contribution in [0.1, 0.15) is 38.2 Å². The number of nitrogens with one attached hydrogen (secondary N) is 1. The molecule has 3 nitrogen and oxygen atoms in total. The molecule has 3 N–H and O–H groups in total. The van der Waals surface area contributed by atoms with Crippen LogP contribution in [0.5, 0.6) is 5.75 Å². The van der Waals surface area contributed by atoms with Gasteiger partial charge in [-0.05, 0) is 53.2 Å². The lowest BCUT2D eigenvalue weighted by Crippen LogP contribution is -2.29. The molecule has 0 heterocycles. The number of amidine groups is 1. The van der Waals surface area contributed by atoms with E-state index in [0.29, 0.717) is 11.5 Å². The van der Waals surface area contributed by atoms with Crippen molar-refractivity contribution >= 4 is 21.8 Å². The van der Waals surface area contributed by atoms with Crippen LogP contribution >= 0.6 is 15.9 Å². The molecule has 2 atom stereocenters. The fourth-order valence-corrected chi connectivity index (χ4v) is 3.05.